The Morgan fingerprint density at radius 3 is 1.47 bits per heavy atom. The van der Waals surface area contributed by atoms with Crippen LogP contribution in [0.1, 0.15) is 206 Å². The van der Waals surface area contributed by atoms with E-state index in [1.165, 1.54) is 122 Å². The van der Waals surface area contributed by atoms with Crippen molar-refractivity contribution in [3.8, 4) is 0 Å². The van der Waals surface area contributed by atoms with Gasteiger partial charge in [0.2, 0.25) is 5.91 Å². The molecule has 0 spiro atoms. The SMILES string of the molecule is CCCCC/C=C\CCCCCCCC(=O)NC(COC1OC(CO)C(OC2OC(CO)C(O)C(O)C2O)C(O)C1O)C(O)/C=C/CC/C=C/CCCCCCCCCCCCCCCCCC. The van der Waals surface area contributed by atoms with Gasteiger partial charge in [-0.2, -0.15) is 0 Å². The van der Waals surface area contributed by atoms with Crippen LogP contribution in [-0.4, -0.2) is 140 Å². The third kappa shape index (κ3) is 27.1. The molecule has 0 aliphatic carbocycles. The zero-order valence-electron chi connectivity index (χ0n) is 42.3. The van der Waals surface area contributed by atoms with Gasteiger partial charge in [0.1, 0.15) is 48.8 Å². The molecule has 0 aromatic carbocycles. The quantitative estimate of drug-likeness (QED) is 0.0210. The van der Waals surface area contributed by atoms with Gasteiger partial charge < -0.3 is 65.1 Å². The first-order valence-electron chi connectivity index (χ1n) is 27.2. The Labute approximate surface area is 411 Å². The fraction of sp³-hybridized carbons (Fsp3) is 0.870. The standard InChI is InChI=1S/C54H99NO13/c1-3-5-7-9-11-13-15-17-18-19-20-21-22-23-24-25-26-27-29-31-33-35-37-43(58)42(55-46(59)38-36-34-32-30-28-16-14-12-10-8-6-4-2)41-65-53-51(64)49(62)52(45(40-57)67-53)68-54-50(63)48(61)47(60)44(39-56)66-54/h12,14,27,29,35,37,42-45,47-54,56-58,60-64H,3-11,13,15-26,28,30-34,36,38-41H2,1-2H3,(H,55,59)/b14-12-,29-27+,37-35+. The highest BCUT2D eigenvalue weighted by Gasteiger charge is 2.51. The maximum atomic E-state index is 13.2. The number of carbonyl (C=O) groups excluding carboxylic acids is 1. The van der Waals surface area contributed by atoms with E-state index in [0.29, 0.717) is 12.8 Å². The average Bonchev–Trinajstić information content (AvgIpc) is 3.34. The topological polar surface area (TPSA) is 228 Å². The minimum atomic E-state index is -1.79. The Balaban J connectivity index is 1.81. The Kier molecular flexibility index (Phi) is 37.4. The lowest BCUT2D eigenvalue weighted by Crippen LogP contribution is -2.65. The van der Waals surface area contributed by atoms with Crippen LogP contribution in [0.15, 0.2) is 36.5 Å². The molecular weight excluding hydrogens is 871 g/mol. The molecule has 14 nitrogen and oxygen atoms in total. The predicted octanol–water partition coefficient (Wildman–Crippen LogP) is 7.88. The molecule has 12 atom stereocenters. The van der Waals surface area contributed by atoms with Gasteiger partial charge in [-0.05, 0) is 57.8 Å². The molecular formula is C54H99NO13. The molecule has 9 N–H and O–H groups in total. The van der Waals surface area contributed by atoms with Gasteiger partial charge in [-0.25, -0.2) is 0 Å². The number of ether oxygens (including phenoxy) is 4. The molecule has 0 aromatic rings. The third-order valence-corrected chi connectivity index (χ3v) is 13.3. The van der Waals surface area contributed by atoms with Gasteiger partial charge in [0.25, 0.3) is 0 Å². The smallest absolute Gasteiger partial charge is 0.220 e. The first-order valence-corrected chi connectivity index (χ1v) is 27.2. The zero-order chi connectivity index (χ0) is 49.6. The second-order valence-electron chi connectivity index (χ2n) is 19.3. The van der Waals surface area contributed by atoms with Gasteiger partial charge in [-0.15, -0.1) is 0 Å². The molecule has 0 aromatic heterocycles. The van der Waals surface area contributed by atoms with Gasteiger partial charge in [0.05, 0.1) is 32.0 Å². The summed E-state index contributed by atoms with van der Waals surface area (Å²) < 4.78 is 22.7. The van der Waals surface area contributed by atoms with Crippen molar-refractivity contribution in [1.82, 2.24) is 5.32 Å². The van der Waals surface area contributed by atoms with Crippen molar-refractivity contribution in [3.63, 3.8) is 0 Å². The van der Waals surface area contributed by atoms with Crippen molar-refractivity contribution in [2.24, 2.45) is 0 Å². The van der Waals surface area contributed by atoms with Crippen molar-refractivity contribution in [3.05, 3.63) is 36.5 Å². The predicted molar refractivity (Wildman–Crippen MR) is 268 cm³/mol. The summed E-state index contributed by atoms with van der Waals surface area (Å²) in [4.78, 5) is 13.2. The van der Waals surface area contributed by atoms with Crippen LogP contribution in [0, 0.1) is 0 Å². The molecule has 2 heterocycles. The Morgan fingerprint density at radius 2 is 0.941 bits per heavy atom. The fourth-order valence-electron chi connectivity index (χ4n) is 8.83. The van der Waals surface area contributed by atoms with Crippen LogP contribution in [0.5, 0.6) is 0 Å². The highest BCUT2D eigenvalue weighted by Crippen LogP contribution is 2.30. The molecule has 2 aliphatic heterocycles. The van der Waals surface area contributed by atoms with Gasteiger partial charge in [-0.3, -0.25) is 4.79 Å². The Bertz CT molecular complexity index is 1280. The molecule has 0 saturated carbocycles. The minimum absolute atomic E-state index is 0.260. The summed E-state index contributed by atoms with van der Waals surface area (Å²) in [6.45, 7) is 2.74. The van der Waals surface area contributed by atoms with Crippen LogP contribution in [0.3, 0.4) is 0 Å². The van der Waals surface area contributed by atoms with E-state index < -0.39 is 86.8 Å². The van der Waals surface area contributed by atoms with Crippen molar-refractivity contribution in [1.29, 1.82) is 0 Å². The molecule has 0 bridgehead atoms. The summed E-state index contributed by atoms with van der Waals surface area (Å²) >= 11 is 0. The number of carbonyl (C=O) groups is 1. The molecule has 68 heavy (non-hydrogen) atoms. The van der Waals surface area contributed by atoms with E-state index in [9.17, 15) is 45.6 Å². The number of aliphatic hydroxyl groups is 8. The number of unbranched alkanes of at least 4 members (excludes halogenated alkanes) is 25. The third-order valence-electron chi connectivity index (χ3n) is 13.3. The summed E-state index contributed by atoms with van der Waals surface area (Å²) in [5.74, 6) is -0.260. The number of amides is 1. The Hall–Kier alpha value is -1.79. The first-order chi connectivity index (χ1) is 33.1. The zero-order valence-corrected chi connectivity index (χ0v) is 42.3. The van der Waals surface area contributed by atoms with Crippen LogP contribution in [-0.2, 0) is 23.7 Å². The number of hydrogen-bond acceptors (Lipinski definition) is 13. The number of aliphatic hydroxyl groups excluding tert-OH is 8. The Morgan fingerprint density at radius 1 is 0.515 bits per heavy atom. The summed E-state index contributed by atoms with van der Waals surface area (Å²) in [6, 6.07) is -0.933. The number of allylic oxidation sites excluding steroid dienone is 5. The highest BCUT2D eigenvalue weighted by molar-refractivity contribution is 5.76. The van der Waals surface area contributed by atoms with E-state index >= 15 is 0 Å². The maximum absolute atomic E-state index is 13.2. The van der Waals surface area contributed by atoms with E-state index in [-0.39, 0.29) is 18.9 Å². The molecule has 2 aliphatic rings. The summed E-state index contributed by atoms with van der Waals surface area (Å²) in [6.07, 6.45) is 30.5. The number of rotatable bonds is 42. The molecule has 12 unspecified atom stereocenters. The van der Waals surface area contributed by atoms with Crippen molar-refractivity contribution in [2.45, 2.75) is 280 Å². The van der Waals surface area contributed by atoms with Gasteiger partial charge in [0, 0.05) is 6.42 Å². The van der Waals surface area contributed by atoms with E-state index in [1.807, 2.05) is 6.08 Å². The normalized spacial score (nSPS) is 26.6. The first kappa shape index (κ1) is 62.3. The second kappa shape index (κ2) is 40.8. The molecule has 398 valence electrons. The van der Waals surface area contributed by atoms with Gasteiger partial charge in [-0.1, -0.05) is 179 Å². The van der Waals surface area contributed by atoms with E-state index in [4.69, 9.17) is 18.9 Å². The minimum Gasteiger partial charge on any atom is -0.394 e. The molecule has 2 saturated heterocycles. The monoisotopic (exact) mass is 970 g/mol. The van der Waals surface area contributed by atoms with Crippen LogP contribution in [0.2, 0.25) is 0 Å². The van der Waals surface area contributed by atoms with Gasteiger partial charge >= 0.3 is 0 Å². The molecule has 0 radical (unpaired) electrons. The molecule has 1 amide bonds. The van der Waals surface area contributed by atoms with Crippen LogP contribution in [0.4, 0.5) is 0 Å². The van der Waals surface area contributed by atoms with Crippen molar-refractivity contribution in [2.75, 3.05) is 19.8 Å². The van der Waals surface area contributed by atoms with Crippen molar-refractivity contribution >= 4 is 5.91 Å². The lowest BCUT2D eigenvalue weighted by atomic mass is 9.97. The second-order valence-corrected chi connectivity index (χ2v) is 19.3. The molecule has 14 heteroatoms. The van der Waals surface area contributed by atoms with E-state index in [0.717, 1.165) is 51.4 Å². The summed E-state index contributed by atoms with van der Waals surface area (Å²) in [5, 5.41) is 86.8. The highest BCUT2D eigenvalue weighted by atomic mass is 16.7. The van der Waals surface area contributed by atoms with E-state index in [2.05, 4.69) is 43.5 Å². The fourth-order valence-corrected chi connectivity index (χ4v) is 8.83. The van der Waals surface area contributed by atoms with Crippen molar-refractivity contribution < 1.29 is 64.6 Å². The number of nitrogens with one attached hydrogen (secondary N) is 1. The largest absolute Gasteiger partial charge is 0.394 e. The van der Waals surface area contributed by atoms with E-state index in [1.54, 1.807) is 6.08 Å². The molecule has 2 fully saturated rings. The summed E-state index contributed by atoms with van der Waals surface area (Å²) in [7, 11) is 0. The number of hydrogen-bond donors (Lipinski definition) is 9. The van der Waals surface area contributed by atoms with Crippen LogP contribution in [0.25, 0.3) is 0 Å². The summed E-state index contributed by atoms with van der Waals surface area (Å²) in [5.41, 5.74) is 0. The average molecular weight is 970 g/mol. The maximum Gasteiger partial charge on any atom is 0.220 e. The van der Waals surface area contributed by atoms with Gasteiger partial charge in [0.15, 0.2) is 12.6 Å². The molecule has 2 rings (SSSR count). The lowest BCUT2D eigenvalue weighted by Gasteiger charge is -2.46. The van der Waals surface area contributed by atoms with Crippen LogP contribution < -0.4 is 5.32 Å². The lowest BCUT2D eigenvalue weighted by molar-refractivity contribution is -0.359. The van der Waals surface area contributed by atoms with Crippen LogP contribution >= 0.6 is 0 Å².